The maximum Gasteiger partial charge on any atom is 0.238 e. The van der Waals surface area contributed by atoms with Crippen molar-refractivity contribution < 1.29 is 34.3 Å². The zero-order valence-electron chi connectivity index (χ0n) is 104. The lowest BCUT2D eigenvalue weighted by Gasteiger charge is -2.16. The topological polar surface area (TPSA) is 146 Å². The van der Waals surface area contributed by atoms with Crippen molar-refractivity contribution in [2.45, 2.75) is 0 Å². The molecule has 0 N–H and O–H groups in total. The van der Waals surface area contributed by atoms with E-state index in [1.165, 1.54) is 0 Å². The Kier molecular flexibility index (Phi) is 16.0. The predicted octanol–water partition coefficient (Wildman–Crippen LogP) is 33.2. The highest BCUT2D eigenvalue weighted by Gasteiger charge is 2.30. The van der Waals surface area contributed by atoms with Crippen LogP contribution in [0.3, 0.4) is 0 Å². The zero-order valence-corrected chi connectivity index (χ0v) is 79.0. The lowest BCUT2D eigenvalue weighted by Crippen LogP contribution is -2.07. The lowest BCUT2D eigenvalue weighted by molar-refractivity contribution is 0.953. The van der Waals surface area contributed by atoms with Gasteiger partial charge in [0.05, 0.1) is 106 Å². The van der Waals surface area contributed by atoms with Crippen molar-refractivity contribution in [1.29, 1.82) is 0 Å². The highest BCUT2D eigenvalue weighted by atomic mass is 15.2. The minimum Gasteiger partial charge on any atom is -0.307 e. The molecule has 21 aromatic carbocycles. The molecule has 150 heavy (non-hydrogen) atoms. The smallest absolute Gasteiger partial charge is 0.238 e. The number of nitrogens with zero attached hydrogens (tertiary/aromatic N) is 15. The summed E-state index contributed by atoms with van der Waals surface area (Å²) < 4.78 is 227. The van der Waals surface area contributed by atoms with E-state index in [4.69, 9.17) is 69.2 Å². The summed E-state index contributed by atoms with van der Waals surface area (Å²) in [6.07, 6.45) is 0. The van der Waals surface area contributed by atoms with Gasteiger partial charge in [0, 0.05) is 115 Å². The van der Waals surface area contributed by atoms with Crippen LogP contribution in [0.4, 0.5) is 0 Å². The van der Waals surface area contributed by atoms with Crippen molar-refractivity contribution in [2.75, 3.05) is 0 Å². The summed E-state index contributed by atoms with van der Waals surface area (Å²) in [6.45, 7) is 0. The van der Waals surface area contributed by atoms with Crippen LogP contribution in [0.5, 0.6) is 0 Å². The van der Waals surface area contributed by atoms with Gasteiger partial charge in [0.2, 0.25) is 17.8 Å². The van der Waals surface area contributed by atoms with Crippen molar-refractivity contribution in [1.82, 2.24) is 72.3 Å². The maximum atomic E-state index is 8.87. The first-order chi connectivity index (χ1) is 84.8. The van der Waals surface area contributed by atoms with Crippen LogP contribution in [0.1, 0.15) is 34.3 Å². The molecule has 9 heterocycles. The van der Waals surface area contributed by atoms with Crippen molar-refractivity contribution in [3.05, 3.63) is 527 Å². The van der Waals surface area contributed by atoms with Crippen LogP contribution in [0.2, 0.25) is 0 Å². The molecule has 0 amide bonds. The molecule has 30 rings (SSSR count). The summed E-state index contributed by atoms with van der Waals surface area (Å²) in [5.41, 5.74) is 18.1. The van der Waals surface area contributed by atoms with Crippen LogP contribution in [0, 0.1) is 0 Å². The molecule has 0 fully saturated rings. The third kappa shape index (κ3) is 15.1. The van der Waals surface area contributed by atoms with Gasteiger partial charge in [0.1, 0.15) is 0 Å². The van der Waals surface area contributed by atoms with E-state index in [1.807, 2.05) is 209 Å². The van der Waals surface area contributed by atoms with Gasteiger partial charge >= 0.3 is 0 Å². The van der Waals surface area contributed by atoms with Gasteiger partial charge in [0.15, 0.2) is 34.9 Å². The van der Waals surface area contributed by atoms with E-state index in [1.54, 1.807) is 4.57 Å². The van der Waals surface area contributed by atoms with E-state index >= 15 is 0 Å². The molecule has 15 heteroatoms. The summed E-state index contributed by atoms with van der Waals surface area (Å²) >= 11 is 0. The molecule has 0 atom stereocenters. The van der Waals surface area contributed by atoms with E-state index < -0.39 is 139 Å². The molecule has 0 aliphatic carbocycles. The molecule has 0 spiro atoms. The lowest BCUT2D eigenvalue weighted by atomic mass is 10.0. The fourth-order valence-corrected chi connectivity index (χ4v) is 20.8. The van der Waals surface area contributed by atoms with Gasteiger partial charge < -0.3 is 13.7 Å². The van der Waals surface area contributed by atoms with Crippen LogP contribution in [0.25, 0.3) is 267 Å². The van der Waals surface area contributed by atoms with Crippen LogP contribution in [-0.4, -0.2) is 72.3 Å². The summed E-state index contributed by atoms with van der Waals surface area (Å²) in [4.78, 5) is 43.3. The fraction of sp³-hybridized carbons (Fsp3) is 0. The molecule has 0 unspecified atom stereocenters. The molecule has 0 aliphatic rings. The molecule has 0 saturated heterocycles. The van der Waals surface area contributed by atoms with Crippen molar-refractivity contribution in [3.63, 3.8) is 0 Å². The van der Waals surface area contributed by atoms with Crippen molar-refractivity contribution >= 4 is 131 Å². The van der Waals surface area contributed by atoms with E-state index in [0.717, 1.165) is 159 Å². The Bertz CT molecular complexity index is 11900. The number of hydrogen-bond donors (Lipinski definition) is 0. The van der Waals surface area contributed by atoms with Crippen LogP contribution >= 0.6 is 0 Å². The quantitative estimate of drug-likeness (QED) is 0.0979. The summed E-state index contributed by atoms with van der Waals surface area (Å²) in [5.74, 6) is -0.952. The predicted molar refractivity (Wildman–Crippen MR) is 614 cm³/mol. The molecule has 0 radical (unpaired) electrons. The molecule has 702 valence electrons. The Labute approximate surface area is 896 Å². The second-order valence-electron chi connectivity index (χ2n) is 35.6. The normalized spacial score (nSPS) is 13.9. The number of rotatable bonds is 15. The maximum absolute atomic E-state index is 8.87. The molecule has 0 aliphatic heterocycles. The minimum absolute atomic E-state index is 0.0195. The average molecular weight is 1940 g/mol. The third-order valence-corrected chi connectivity index (χ3v) is 27.2. The number of aromatic nitrogens is 15. The van der Waals surface area contributed by atoms with Gasteiger partial charge in [-0.3, -0.25) is 13.7 Å². The van der Waals surface area contributed by atoms with Gasteiger partial charge in [-0.2, -0.15) is 29.9 Å². The summed E-state index contributed by atoms with van der Waals surface area (Å²) in [5, 5.41) is 11.2. The van der Waals surface area contributed by atoms with Crippen molar-refractivity contribution in [3.8, 4) is 137 Å². The second kappa shape index (κ2) is 37.0. The standard InChI is InChI=1S/3C45H29N5/c1-4-16-30(17-5-1)33-22-10-13-25-38(33)49-39-26-14-11-23-34(39)36-28-29-37-35-24-12-15-27-40(35)50(42(37)41(36)49)45-47-43(31-18-6-2-7-19-31)46-44(48-45)32-20-8-3-9-21-32;1-4-15-30(16-5-1)33-21-14-22-34(29-33)49-39-25-12-10-23-35(39)37-27-28-38-36-24-11-13-26-40(36)50(42(38)41(37)49)45-47-43(31-17-6-2-7-18-31)46-44(48-45)32-19-8-3-9-20-32;1-4-14-30(15-5-1)31-24-26-34(27-25-31)49-39-22-12-10-20-35(39)37-28-29-38-36-21-11-13-23-40(36)50(42(38)41(37)49)45-47-43(32-16-6-2-7-17-32)46-44(48-45)33-18-8-3-9-19-33/h3*1-29H/i2D,6D,7D,18D,19D;2D,3D,6D,7D,8D,9D,17D,18D,19D,20D;2D,3D,6D,7D,8D,9D,16D,17D,18D,19D. The van der Waals surface area contributed by atoms with Gasteiger partial charge in [-0.15, -0.1) is 0 Å². The third-order valence-electron chi connectivity index (χ3n) is 27.2. The second-order valence-corrected chi connectivity index (χ2v) is 35.6. The van der Waals surface area contributed by atoms with Crippen LogP contribution in [-0.2, 0) is 0 Å². The van der Waals surface area contributed by atoms with Gasteiger partial charge in [-0.25, -0.2) is 15.0 Å². The van der Waals surface area contributed by atoms with E-state index in [9.17, 15) is 0 Å². The van der Waals surface area contributed by atoms with E-state index in [2.05, 4.69) is 200 Å². The zero-order chi connectivity index (χ0) is 121. The molecule has 9 aromatic heterocycles. The van der Waals surface area contributed by atoms with E-state index in [-0.39, 0.29) is 86.9 Å². The van der Waals surface area contributed by atoms with Crippen LogP contribution < -0.4 is 0 Å². The largest absolute Gasteiger partial charge is 0.307 e. The number of hydrogen-bond acceptors (Lipinski definition) is 9. The van der Waals surface area contributed by atoms with Gasteiger partial charge in [-0.1, -0.05) is 460 Å². The molecular weight excluding hydrogens is 1830 g/mol. The Balaban J connectivity index is 0.000000121. The number of benzene rings is 21. The summed E-state index contributed by atoms with van der Waals surface area (Å²) in [7, 11) is 0. The van der Waals surface area contributed by atoms with Crippen LogP contribution in [0.15, 0.2) is 527 Å². The van der Waals surface area contributed by atoms with E-state index in [0.29, 0.717) is 33.5 Å². The minimum atomic E-state index is -0.613. The first-order valence-corrected chi connectivity index (χ1v) is 48.4. The highest BCUT2D eigenvalue weighted by Crippen LogP contribution is 2.48. The molecule has 15 nitrogen and oxygen atoms in total. The number of para-hydroxylation sites is 7. The molecule has 0 saturated carbocycles. The monoisotopic (exact) mass is 1940 g/mol. The molecule has 0 bridgehead atoms. The first-order valence-electron chi connectivity index (χ1n) is 60.9. The number of fused-ring (bicyclic) bond motifs is 21. The fourth-order valence-electron chi connectivity index (χ4n) is 20.8. The Morgan fingerprint density at radius 1 is 0.147 bits per heavy atom. The average Bonchev–Trinajstić information content (AvgIpc) is 1.54. The summed E-state index contributed by atoms with van der Waals surface area (Å²) in [6, 6.07) is 111. The molecular formula is C135H87N15. The highest BCUT2D eigenvalue weighted by molar-refractivity contribution is 6.27. The van der Waals surface area contributed by atoms with Crippen molar-refractivity contribution in [2.24, 2.45) is 0 Å². The SMILES string of the molecule is [2H]c1c([2H])c([2H])c(-c2nc(-c3c([2H])c([2H])c([2H])c([2H])c3[2H])nc(-n3c4ccccc4c4ccc5c6ccccc6n(-c6ccc(-c7ccccc7)cc6)c5c43)n2)c([2H])c1[2H].[2H]c1c([2H])c([2H])c(-c2nc(-c3c([2H])c([2H])c([2H])c([2H])c3[2H])nc(-n3c4ccccc4c4ccc5c6ccccc6n(-c6cccc(-c7ccccc7)c6)c5c43)n2)c([2H])c1[2H].[2H]c1c([2H])c([2H])c(-c2nc(-c3ccccc3)nc(-n3c4ccccc4c4ccc5c6ccccc6n(-c6ccccc6-c6ccccc6)c5c43)n2)c([2H])c1[2H]. The van der Waals surface area contributed by atoms with Gasteiger partial charge in [-0.05, 0) is 94.5 Å². The Hall–Kier alpha value is -20.5. The Morgan fingerprint density at radius 2 is 0.387 bits per heavy atom. The van der Waals surface area contributed by atoms with Gasteiger partial charge in [0.25, 0.3) is 0 Å². The first kappa shape index (κ1) is 64.9. The molecule has 30 aromatic rings. The Morgan fingerprint density at radius 3 is 0.727 bits per heavy atom.